The number of para-hydroxylation sites is 1. The third-order valence-electron chi connectivity index (χ3n) is 4.28. The molecule has 168 valence electrons. The molecule has 0 radical (unpaired) electrons. The van der Waals surface area contributed by atoms with Crippen molar-refractivity contribution in [1.82, 2.24) is 0 Å². The van der Waals surface area contributed by atoms with Gasteiger partial charge >= 0.3 is 0 Å². The van der Waals surface area contributed by atoms with Gasteiger partial charge in [-0.1, -0.05) is 40.9 Å². The zero-order valence-corrected chi connectivity index (χ0v) is 19.9. The van der Waals surface area contributed by atoms with Crippen LogP contribution in [-0.2, 0) is 0 Å². The van der Waals surface area contributed by atoms with Crippen molar-refractivity contribution >= 4 is 34.8 Å². The van der Waals surface area contributed by atoms with Crippen LogP contribution in [0.2, 0.25) is 10.0 Å². The molecule has 0 saturated carbocycles. The SMILES string of the molecule is C/C(Cl)=C\COc1cc(Cl)c(OCCCCOc2cccc3c2OC(C)(C)O3)c(Cl)c1. The van der Waals surface area contributed by atoms with E-state index in [0.717, 1.165) is 12.8 Å². The highest BCUT2D eigenvalue weighted by atomic mass is 35.5. The summed E-state index contributed by atoms with van der Waals surface area (Å²) in [6.45, 7) is 6.81. The lowest BCUT2D eigenvalue weighted by Crippen LogP contribution is -2.29. The summed E-state index contributed by atoms with van der Waals surface area (Å²) in [7, 11) is 0. The molecular weight excluding hydrogens is 463 g/mol. The number of hydrogen-bond acceptors (Lipinski definition) is 5. The smallest absolute Gasteiger partial charge is 0.246 e. The summed E-state index contributed by atoms with van der Waals surface area (Å²) < 4.78 is 28.7. The fraction of sp³-hybridized carbons (Fsp3) is 0.391. The molecule has 2 aromatic rings. The van der Waals surface area contributed by atoms with Crippen LogP contribution in [0.1, 0.15) is 33.6 Å². The fourth-order valence-corrected chi connectivity index (χ4v) is 3.53. The molecule has 1 heterocycles. The van der Waals surface area contributed by atoms with E-state index >= 15 is 0 Å². The van der Waals surface area contributed by atoms with Crippen molar-refractivity contribution in [2.75, 3.05) is 19.8 Å². The number of halogens is 3. The van der Waals surface area contributed by atoms with Crippen LogP contribution >= 0.6 is 34.8 Å². The number of rotatable bonds is 10. The third kappa shape index (κ3) is 6.76. The van der Waals surface area contributed by atoms with Crippen LogP contribution in [0.4, 0.5) is 0 Å². The fourth-order valence-electron chi connectivity index (χ4n) is 2.89. The van der Waals surface area contributed by atoms with Gasteiger partial charge < -0.3 is 23.7 Å². The highest BCUT2D eigenvalue weighted by Gasteiger charge is 2.33. The Labute approximate surface area is 197 Å². The quantitative estimate of drug-likeness (QED) is 0.330. The number of fused-ring (bicyclic) bond motifs is 1. The van der Waals surface area contributed by atoms with E-state index in [1.54, 1.807) is 25.1 Å². The van der Waals surface area contributed by atoms with Gasteiger partial charge in [-0.25, -0.2) is 0 Å². The molecule has 5 nitrogen and oxygen atoms in total. The summed E-state index contributed by atoms with van der Waals surface area (Å²) in [5, 5.41) is 1.44. The highest BCUT2D eigenvalue weighted by Crippen LogP contribution is 2.45. The van der Waals surface area contributed by atoms with Gasteiger partial charge in [0.05, 0.1) is 23.3 Å². The first-order chi connectivity index (χ1) is 14.7. The molecule has 0 aromatic heterocycles. The predicted molar refractivity (Wildman–Crippen MR) is 124 cm³/mol. The Bertz CT molecular complexity index is 916. The summed E-state index contributed by atoms with van der Waals surface area (Å²) in [4.78, 5) is 0. The summed E-state index contributed by atoms with van der Waals surface area (Å²) in [5.41, 5.74) is 0. The number of unbranched alkanes of at least 4 members (excludes halogenated alkanes) is 1. The van der Waals surface area contributed by atoms with Gasteiger partial charge in [0.25, 0.3) is 0 Å². The molecule has 2 aromatic carbocycles. The van der Waals surface area contributed by atoms with Crippen LogP contribution in [0.25, 0.3) is 0 Å². The first kappa shape index (κ1) is 23.7. The molecule has 0 N–H and O–H groups in total. The van der Waals surface area contributed by atoms with Gasteiger partial charge in [-0.2, -0.15) is 0 Å². The van der Waals surface area contributed by atoms with Crippen LogP contribution in [0.15, 0.2) is 41.4 Å². The monoisotopic (exact) mass is 486 g/mol. The lowest BCUT2D eigenvalue weighted by atomic mass is 10.3. The van der Waals surface area contributed by atoms with Crippen LogP contribution in [-0.4, -0.2) is 25.6 Å². The third-order valence-corrected chi connectivity index (χ3v) is 4.99. The Morgan fingerprint density at radius 3 is 2.35 bits per heavy atom. The minimum Gasteiger partial charge on any atom is -0.490 e. The van der Waals surface area contributed by atoms with E-state index in [-0.39, 0.29) is 0 Å². The number of allylic oxidation sites excluding steroid dienone is 1. The minimum absolute atomic E-state index is 0.335. The molecule has 0 bridgehead atoms. The van der Waals surface area contributed by atoms with Crippen LogP contribution in [0.5, 0.6) is 28.7 Å². The van der Waals surface area contributed by atoms with Crippen molar-refractivity contribution in [3.05, 3.63) is 51.5 Å². The van der Waals surface area contributed by atoms with Crippen molar-refractivity contribution in [3.63, 3.8) is 0 Å². The van der Waals surface area contributed by atoms with E-state index in [2.05, 4.69) is 0 Å². The Balaban J connectivity index is 1.43. The number of benzene rings is 2. The molecule has 0 atom stereocenters. The number of ether oxygens (including phenoxy) is 5. The molecule has 8 heteroatoms. The zero-order chi connectivity index (χ0) is 22.4. The molecular formula is C23H25Cl3O5. The Morgan fingerprint density at radius 2 is 1.68 bits per heavy atom. The van der Waals surface area contributed by atoms with Crippen molar-refractivity contribution < 1.29 is 23.7 Å². The minimum atomic E-state index is -0.686. The van der Waals surface area contributed by atoms with Gasteiger partial charge in [-0.3, -0.25) is 0 Å². The Hall–Kier alpha value is -1.95. The first-order valence-corrected chi connectivity index (χ1v) is 11.1. The highest BCUT2D eigenvalue weighted by molar-refractivity contribution is 6.37. The topological polar surface area (TPSA) is 46.2 Å². The molecule has 0 saturated heterocycles. The van der Waals surface area contributed by atoms with Crippen molar-refractivity contribution in [2.24, 2.45) is 0 Å². The normalized spacial score (nSPS) is 14.5. The van der Waals surface area contributed by atoms with Gasteiger partial charge in [0.1, 0.15) is 12.4 Å². The van der Waals surface area contributed by atoms with Gasteiger partial charge in [-0.05, 0) is 38.0 Å². The van der Waals surface area contributed by atoms with E-state index in [1.807, 2.05) is 32.0 Å². The van der Waals surface area contributed by atoms with E-state index in [1.165, 1.54) is 0 Å². The van der Waals surface area contributed by atoms with Crippen LogP contribution in [0, 0.1) is 0 Å². The first-order valence-electron chi connectivity index (χ1n) is 9.96. The maximum Gasteiger partial charge on any atom is 0.246 e. The van der Waals surface area contributed by atoms with Crippen molar-refractivity contribution in [2.45, 2.75) is 39.4 Å². The van der Waals surface area contributed by atoms with Gasteiger partial charge in [0.2, 0.25) is 11.5 Å². The van der Waals surface area contributed by atoms with E-state index in [9.17, 15) is 0 Å². The van der Waals surface area contributed by atoms with Crippen molar-refractivity contribution in [3.8, 4) is 28.7 Å². The largest absolute Gasteiger partial charge is 0.490 e. The predicted octanol–water partition coefficient (Wildman–Crippen LogP) is 7.26. The number of hydrogen-bond donors (Lipinski definition) is 0. The Kier molecular flexibility index (Phi) is 8.09. The lowest BCUT2D eigenvalue weighted by Gasteiger charge is -2.16. The van der Waals surface area contributed by atoms with Crippen LogP contribution < -0.4 is 23.7 Å². The summed E-state index contributed by atoms with van der Waals surface area (Å²) >= 11 is 18.4. The molecule has 0 spiro atoms. The second-order valence-electron chi connectivity index (χ2n) is 7.41. The zero-order valence-electron chi connectivity index (χ0n) is 17.7. The summed E-state index contributed by atoms with van der Waals surface area (Å²) in [6, 6.07) is 8.95. The van der Waals surface area contributed by atoms with E-state index in [0.29, 0.717) is 63.6 Å². The average Bonchev–Trinajstić information content (AvgIpc) is 3.00. The maximum atomic E-state index is 6.29. The molecule has 31 heavy (non-hydrogen) atoms. The van der Waals surface area contributed by atoms with Crippen LogP contribution in [0.3, 0.4) is 0 Å². The van der Waals surface area contributed by atoms with E-state index < -0.39 is 5.79 Å². The van der Waals surface area contributed by atoms with Gasteiger partial charge in [0.15, 0.2) is 17.2 Å². The Morgan fingerprint density at radius 1 is 1.00 bits per heavy atom. The lowest BCUT2D eigenvalue weighted by molar-refractivity contribution is -0.0441. The molecule has 1 aliphatic rings. The summed E-state index contributed by atoms with van der Waals surface area (Å²) in [5.74, 6) is 2.31. The molecule has 0 aliphatic carbocycles. The second-order valence-corrected chi connectivity index (χ2v) is 8.82. The molecule has 0 amide bonds. The molecule has 0 unspecified atom stereocenters. The van der Waals surface area contributed by atoms with Crippen molar-refractivity contribution in [1.29, 1.82) is 0 Å². The standard InChI is InChI=1S/C23H25Cl3O5/c1-15(24)9-12-27-16-13-17(25)21(18(26)14-16)29-11-5-4-10-28-19-7-6-8-20-22(19)31-23(2,3)30-20/h6-9,13-14H,4-5,10-12H2,1-3H3/b15-9+. The second kappa shape index (κ2) is 10.6. The van der Waals surface area contributed by atoms with E-state index in [4.69, 9.17) is 58.5 Å². The van der Waals surface area contributed by atoms with Gasteiger partial charge in [0, 0.05) is 31.0 Å². The molecule has 1 aliphatic heterocycles. The van der Waals surface area contributed by atoms with Gasteiger partial charge in [-0.15, -0.1) is 0 Å². The molecule has 0 fully saturated rings. The molecule has 3 rings (SSSR count). The average molecular weight is 488 g/mol. The summed E-state index contributed by atoms with van der Waals surface area (Å²) in [6.07, 6.45) is 3.30. The maximum absolute atomic E-state index is 6.29.